The lowest BCUT2D eigenvalue weighted by atomic mass is 10.1. The molecule has 0 aliphatic heterocycles. The summed E-state index contributed by atoms with van der Waals surface area (Å²) >= 11 is 0. The van der Waals surface area contributed by atoms with E-state index < -0.39 is 14.0 Å². The Morgan fingerprint density at radius 3 is 2.17 bits per heavy atom. The van der Waals surface area contributed by atoms with Gasteiger partial charge in [0.2, 0.25) is 0 Å². The number of esters is 1. The molecule has 29 heavy (non-hydrogen) atoms. The van der Waals surface area contributed by atoms with Gasteiger partial charge in [-0.25, -0.2) is 4.79 Å². The summed E-state index contributed by atoms with van der Waals surface area (Å²) in [6, 6.07) is 8.65. The molecule has 2 rings (SSSR count). The molecule has 1 heterocycles. The van der Waals surface area contributed by atoms with E-state index in [0.717, 1.165) is 0 Å². The van der Waals surface area contributed by atoms with Crippen molar-refractivity contribution in [2.24, 2.45) is 0 Å². The predicted molar refractivity (Wildman–Crippen MR) is 119 cm³/mol. The fraction of sp³-hybridized carbons (Fsp3) is 0.391. The van der Waals surface area contributed by atoms with Gasteiger partial charge in [-0.3, -0.25) is 9.36 Å². The highest BCUT2D eigenvalue weighted by molar-refractivity contribution is 6.87. The first kappa shape index (κ1) is 22.5. The monoisotopic (exact) mass is 411 g/mol. The highest BCUT2D eigenvalue weighted by Gasteiger charge is 2.34. The average molecular weight is 412 g/mol. The van der Waals surface area contributed by atoms with Crippen molar-refractivity contribution in [3.63, 3.8) is 0 Å². The number of aryl methyl sites for hydroxylation is 1. The molecule has 5 nitrogen and oxygen atoms in total. The van der Waals surface area contributed by atoms with Crippen LogP contribution in [0.1, 0.15) is 42.4 Å². The number of aromatic nitrogens is 1. The number of pyridine rings is 1. The molecule has 0 N–H and O–H groups in total. The van der Waals surface area contributed by atoms with Crippen molar-refractivity contribution in [3.8, 4) is 22.9 Å². The number of benzene rings is 1. The van der Waals surface area contributed by atoms with E-state index in [1.807, 2.05) is 0 Å². The third kappa shape index (κ3) is 4.62. The molecule has 1 aromatic carbocycles. The summed E-state index contributed by atoms with van der Waals surface area (Å²) in [7, 11) is 0.934. The van der Waals surface area contributed by atoms with Crippen LogP contribution in [0.5, 0.6) is 5.75 Å². The second-order valence-electron chi connectivity index (χ2n) is 8.54. The van der Waals surface area contributed by atoms with Crippen LogP contribution in [0.3, 0.4) is 0 Å². The fourth-order valence-corrected chi connectivity index (χ4v) is 3.32. The van der Waals surface area contributed by atoms with Crippen molar-refractivity contribution in [2.45, 2.75) is 45.8 Å². The maximum absolute atomic E-state index is 13.1. The Bertz CT molecular complexity index is 1030. The van der Waals surface area contributed by atoms with Gasteiger partial charge in [0, 0.05) is 5.56 Å². The normalized spacial score (nSPS) is 11.4. The van der Waals surface area contributed by atoms with E-state index in [-0.39, 0.29) is 16.2 Å². The van der Waals surface area contributed by atoms with Gasteiger partial charge in [-0.1, -0.05) is 39.8 Å². The van der Waals surface area contributed by atoms with Crippen molar-refractivity contribution >= 4 is 14.0 Å². The summed E-state index contributed by atoms with van der Waals surface area (Å²) < 4.78 is 11.7. The van der Waals surface area contributed by atoms with E-state index in [2.05, 4.69) is 45.3 Å². The molecule has 0 atom stereocenters. The second kappa shape index (κ2) is 8.30. The van der Waals surface area contributed by atoms with Crippen molar-refractivity contribution in [1.82, 2.24) is 4.57 Å². The lowest BCUT2D eigenvalue weighted by molar-refractivity contribution is 0.0599. The topological polar surface area (TPSA) is 57.5 Å². The molecule has 0 saturated carbocycles. The van der Waals surface area contributed by atoms with E-state index in [9.17, 15) is 9.59 Å². The molecule has 0 spiro atoms. The van der Waals surface area contributed by atoms with Crippen molar-refractivity contribution in [1.29, 1.82) is 0 Å². The molecular weight excluding hydrogens is 382 g/mol. The molecule has 0 bridgehead atoms. The lowest BCUT2D eigenvalue weighted by Gasteiger charge is -2.31. The van der Waals surface area contributed by atoms with Gasteiger partial charge in [0.05, 0.1) is 25.5 Å². The van der Waals surface area contributed by atoms with E-state index in [1.54, 1.807) is 44.4 Å². The van der Waals surface area contributed by atoms with Gasteiger partial charge in [0.1, 0.15) is 19.5 Å². The van der Waals surface area contributed by atoms with Gasteiger partial charge in [0.25, 0.3) is 5.56 Å². The molecule has 0 radical (unpaired) electrons. The fourth-order valence-electron chi connectivity index (χ4n) is 2.51. The lowest BCUT2D eigenvalue weighted by Crippen LogP contribution is -2.36. The second-order valence-corrected chi connectivity index (χ2v) is 13.5. The quantitative estimate of drug-likeness (QED) is 0.428. The molecule has 0 amide bonds. The van der Waals surface area contributed by atoms with E-state index >= 15 is 0 Å². The summed E-state index contributed by atoms with van der Waals surface area (Å²) in [4.78, 5) is 25.5. The summed E-state index contributed by atoms with van der Waals surface area (Å²) in [5, 5.41) is 0.0430. The smallest absolute Gasteiger partial charge is 0.340 e. The minimum Gasteiger partial charge on any atom is -0.497 e. The Balaban J connectivity index is 2.87. The Hall–Kier alpha value is -2.78. The van der Waals surface area contributed by atoms with Crippen LogP contribution in [-0.2, 0) is 4.74 Å². The molecule has 154 valence electrons. The van der Waals surface area contributed by atoms with Crippen molar-refractivity contribution in [2.75, 3.05) is 14.2 Å². The van der Waals surface area contributed by atoms with Crippen LogP contribution >= 0.6 is 0 Å². The Labute approximate surface area is 173 Å². The minimum atomic E-state index is -1.97. The highest BCUT2D eigenvalue weighted by atomic mass is 28.3. The molecule has 0 saturated heterocycles. The Kier molecular flexibility index (Phi) is 6.44. The Morgan fingerprint density at radius 2 is 1.69 bits per heavy atom. The molecular formula is C23H29NO4Si. The number of ether oxygens (including phenoxy) is 2. The number of methoxy groups -OCH3 is 2. The van der Waals surface area contributed by atoms with Crippen molar-refractivity contribution < 1.29 is 14.3 Å². The minimum absolute atomic E-state index is 0.0430. The maximum Gasteiger partial charge on any atom is 0.340 e. The van der Waals surface area contributed by atoms with Crippen LogP contribution in [0.25, 0.3) is 5.69 Å². The number of rotatable bonds is 3. The van der Waals surface area contributed by atoms with Crippen LogP contribution in [0, 0.1) is 18.4 Å². The zero-order valence-corrected chi connectivity index (χ0v) is 19.5. The third-order valence-electron chi connectivity index (χ3n) is 5.48. The molecule has 2 aromatic rings. The predicted octanol–water partition coefficient (Wildman–Crippen LogP) is 4.34. The molecule has 0 aliphatic rings. The first-order valence-electron chi connectivity index (χ1n) is 9.45. The van der Waals surface area contributed by atoms with Crippen LogP contribution in [0.2, 0.25) is 18.1 Å². The van der Waals surface area contributed by atoms with Crippen LogP contribution in [-0.4, -0.2) is 32.8 Å². The largest absolute Gasteiger partial charge is 0.497 e. The number of carbonyl (C=O) groups excluding carboxylic acids is 1. The highest BCUT2D eigenvalue weighted by Crippen LogP contribution is 2.35. The third-order valence-corrected chi connectivity index (χ3v) is 9.98. The van der Waals surface area contributed by atoms with Gasteiger partial charge >= 0.3 is 5.97 Å². The van der Waals surface area contributed by atoms with Gasteiger partial charge in [-0.05, 0) is 42.3 Å². The van der Waals surface area contributed by atoms with Crippen molar-refractivity contribution in [3.05, 3.63) is 57.5 Å². The average Bonchev–Trinajstić information content (AvgIpc) is 2.67. The molecule has 0 aliphatic carbocycles. The summed E-state index contributed by atoms with van der Waals surface area (Å²) in [5.74, 6) is 3.34. The van der Waals surface area contributed by atoms with Crippen LogP contribution < -0.4 is 10.3 Å². The van der Waals surface area contributed by atoms with E-state index in [4.69, 9.17) is 9.47 Å². The standard InChI is InChI=1S/C23H29NO4Si/c1-16-15-19(22(26)28-6)20(13-14-29(7,8)23(2,3)4)24(21(16)25)17-9-11-18(27-5)12-10-17/h9-12,15H,1-8H3. The van der Waals surface area contributed by atoms with Gasteiger partial charge in [-0.15, -0.1) is 5.54 Å². The number of nitrogens with zero attached hydrogens (tertiary/aromatic N) is 1. The molecule has 0 unspecified atom stereocenters. The first-order chi connectivity index (χ1) is 13.4. The van der Waals surface area contributed by atoms with Gasteiger partial charge in [0.15, 0.2) is 0 Å². The van der Waals surface area contributed by atoms with Gasteiger partial charge in [-0.2, -0.15) is 0 Å². The van der Waals surface area contributed by atoms with Crippen LogP contribution in [0.4, 0.5) is 0 Å². The molecule has 6 heteroatoms. The number of carbonyl (C=O) groups is 1. The summed E-state index contributed by atoms with van der Waals surface area (Å²) in [6.45, 7) is 12.5. The Morgan fingerprint density at radius 1 is 1.10 bits per heavy atom. The van der Waals surface area contributed by atoms with E-state index in [0.29, 0.717) is 22.7 Å². The first-order valence-corrected chi connectivity index (χ1v) is 12.5. The van der Waals surface area contributed by atoms with E-state index in [1.165, 1.54) is 11.7 Å². The van der Waals surface area contributed by atoms with Crippen LogP contribution in [0.15, 0.2) is 35.1 Å². The number of hydrogen-bond acceptors (Lipinski definition) is 4. The SMILES string of the molecule is COC(=O)c1cc(C)c(=O)n(-c2ccc(OC)cc2)c1C#C[Si](C)(C)C(C)(C)C. The molecule has 1 aromatic heterocycles. The zero-order valence-electron chi connectivity index (χ0n) is 18.5. The van der Waals surface area contributed by atoms with Gasteiger partial charge < -0.3 is 9.47 Å². The number of hydrogen-bond donors (Lipinski definition) is 0. The zero-order chi connectivity index (χ0) is 22.0. The molecule has 0 fully saturated rings. The summed E-state index contributed by atoms with van der Waals surface area (Å²) in [6.07, 6.45) is 0. The summed E-state index contributed by atoms with van der Waals surface area (Å²) in [5.41, 5.74) is 4.88. The maximum atomic E-state index is 13.1.